The van der Waals surface area contributed by atoms with Crippen molar-refractivity contribution in [2.24, 2.45) is 0 Å². The lowest BCUT2D eigenvalue weighted by Gasteiger charge is -2.08. The van der Waals surface area contributed by atoms with E-state index in [9.17, 15) is 18.0 Å². The fourth-order valence-electron chi connectivity index (χ4n) is 2.02. The quantitative estimate of drug-likeness (QED) is 0.823. The summed E-state index contributed by atoms with van der Waals surface area (Å²) in [6.45, 7) is 1.91. The molecule has 0 aliphatic heterocycles. The van der Waals surface area contributed by atoms with Gasteiger partial charge in [0.2, 0.25) is 0 Å². The Labute approximate surface area is 140 Å². The maximum atomic E-state index is 12.0. The van der Waals surface area contributed by atoms with Crippen LogP contribution >= 0.6 is 0 Å². The summed E-state index contributed by atoms with van der Waals surface area (Å²) in [7, 11) is -3.12. The second kappa shape index (κ2) is 7.27. The number of rotatable bonds is 4. The van der Waals surface area contributed by atoms with Crippen molar-refractivity contribution in [3.05, 3.63) is 70.8 Å². The molecule has 6 nitrogen and oxygen atoms in total. The van der Waals surface area contributed by atoms with Gasteiger partial charge in [-0.2, -0.15) is 0 Å². The van der Waals surface area contributed by atoms with Gasteiger partial charge in [0.25, 0.3) is 11.8 Å². The minimum absolute atomic E-state index is 0.0843. The molecule has 0 aliphatic carbocycles. The van der Waals surface area contributed by atoms with Crippen LogP contribution in [0.2, 0.25) is 0 Å². The Kier molecular flexibility index (Phi) is 5.35. The van der Waals surface area contributed by atoms with Gasteiger partial charge < -0.3 is 0 Å². The second-order valence-corrected chi connectivity index (χ2v) is 7.68. The van der Waals surface area contributed by atoms with E-state index in [0.717, 1.165) is 11.8 Å². The molecule has 0 saturated heterocycles. The Bertz CT molecular complexity index is 841. The van der Waals surface area contributed by atoms with E-state index in [0.29, 0.717) is 16.7 Å². The van der Waals surface area contributed by atoms with Gasteiger partial charge in [0.1, 0.15) is 0 Å². The smallest absolute Gasteiger partial charge is 0.267 e. The first kappa shape index (κ1) is 17.7. The molecule has 0 saturated carbocycles. The normalized spacial score (nSPS) is 10.9. The lowest BCUT2D eigenvalue weighted by Crippen LogP contribution is -2.41. The number of hydrogen-bond donors (Lipinski definition) is 2. The van der Waals surface area contributed by atoms with Crippen LogP contribution in [0.5, 0.6) is 0 Å². The van der Waals surface area contributed by atoms with Crippen LogP contribution in [-0.2, 0) is 15.6 Å². The van der Waals surface area contributed by atoms with E-state index in [1.807, 2.05) is 6.92 Å². The topological polar surface area (TPSA) is 92.3 Å². The molecule has 24 heavy (non-hydrogen) atoms. The summed E-state index contributed by atoms with van der Waals surface area (Å²) in [6, 6.07) is 13.1. The van der Waals surface area contributed by atoms with Crippen molar-refractivity contribution in [3.63, 3.8) is 0 Å². The minimum atomic E-state index is -3.12. The molecule has 2 aromatic rings. The van der Waals surface area contributed by atoms with E-state index in [1.165, 1.54) is 12.1 Å². The van der Waals surface area contributed by atoms with Crippen molar-refractivity contribution < 1.29 is 18.0 Å². The van der Waals surface area contributed by atoms with E-state index < -0.39 is 21.7 Å². The molecule has 0 aromatic heterocycles. The summed E-state index contributed by atoms with van der Waals surface area (Å²) in [5.74, 6) is -0.989. The zero-order valence-corrected chi connectivity index (χ0v) is 14.2. The number of carbonyl (C=O) groups is 2. The molecule has 2 amide bonds. The first-order valence-corrected chi connectivity index (χ1v) is 9.25. The molecule has 0 bridgehead atoms. The summed E-state index contributed by atoms with van der Waals surface area (Å²) in [5, 5.41) is 0. The van der Waals surface area contributed by atoms with Gasteiger partial charge in [0.05, 0.1) is 5.75 Å². The largest absolute Gasteiger partial charge is 0.269 e. The monoisotopic (exact) mass is 346 g/mol. The Hall–Kier alpha value is -2.67. The van der Waals surface area contributed by atoms with E-state index >= 15 is 0 Å². The number of aryl methyl sites for hydroxylation is 1. The number of amides is 2. The third-order valence-corrected chi connectivity index (χ3v) is 4.11. The number of nitrogens with one attached hydrogen (secondary N) is 2. The third kappa shape index (κ3) is 5.20. The molecule has 0 spiro atoms. The zero-order valence-electron chi connectivity index (χ0n) is 13.4. The van der Waals surface area contributed by atoms with E-state index in [1.54, 1.807) is 36.4 Å². The molecule has 126 valence electrons. The van der Waals surface area contributed by atoms with Gasteiger partial charge in [-0.1, -0.05) is 29.8 Å². The number of hydrazine groups is 1. The van der Waals surface area contributed by atoms with Crippen molar-refractivity contribution in [2.45, 2.75) is 12.7 Å². The van der Waals surface area contributed by atoms with Crippen LogP contribution in [0.1, 0.15) is 31.8 Å². The molecular weight excluding hydrogens is 328 g/mol. The average Bonchev–Trinajstić information content (AvgIpc) is 2.52. The Morgan fingerprint density at radius 3 is 1.67 bits per heavy atom. The van der Waals surface area contributed by atoms with Gasteiger partial charge >= 0.3 is 0 Å². The maximum absolute atomic E-state index is 12.0. The Balaban J connectivity index is 1.95. The first-order chi connectivity index (χ1) is 11.2. The van der Waals surface area contributed by atoms with Crippen LogP contribution in [0.3, 0.4) is 0 Å². The van der Waals surface area contributed by atoms with Gasteiger partial charge in [0, 0.05) is 17.4 Å². The zero-order chi connectivity index (χ0) is 17.7. The summed E-state index contributed by atoms with van der Waals surface area (Å²) in [6.07, 6.45) is 1.15. The lowest BCUT2D eigenvalue weighted by atomic mass is 10.1. The van der Waals surface area contributed by atoms with Gasteiger partial charge in [-0.3, -0.25) is 20.4 Å². The van der Waals surface area contributed by atoms with Crippen LogP contribution in [-0.4, -0.2) is 26.5 Å². The van der Waals surface area contributed by atoms with Gasteiger partial charge in [0.15, 0.2) is 9.84 Å². The lowest BCUT2D eigenvalue weighted by molar-refractivity contribution is 0.0846. The maximum Gasteiger partial charge on any atom is 0.269 e. The fraction of sp³-hybridized carbons (Fsp3) is 0.176. The summed E-state index contributed by atoms with van der Waals surface area (Å²) in [5.41, 5.74) is 7.04. The Morgan fingerprint density at radius 1 is 0.833 bits per heavy atom. The van der Waals surface area contributed by atoms with E-state index in [2.05, 4.69) is 10.9 Å². The summed E-state index contributed by atoms with van der Waals surface area (Å²) in [4.78, 5) is 23.9. The highest BCUT2D eigenvalue weighted by Crippen LogP contribution is 2.08. The van der Waals surface area contributed by atoms with Crippen molar-refractivity contribution in [1.82, 2.24) is 10.9 Å². The highest BCUT2D eigenvalue weighted by molar-refractivity contribution is 7.89. The van der Waals surface area contributed by atoms with Crippen LogP contribution in [0, 0.1) is 6.92 Å². The van der Waals surface area contributed by atoms with Gasteiger partial charge in [-0.25, -0.2) is 8.42 Å². The van der Waals surface area contributed by atoms with Crippen LogP contribution in [0.4, 0.5) is 0 Å². The second-order valence-electron chi connectivity index (χ2n) is 5.54. The average molecular weight is 346 g/mol. The van der Waals surface area contributed by atoms with E-state index in [4.69, 9.17) is 0 Å². The third-order valence-electron chi connectivity index (χ3n) is 3.25. The molecular formula is C17H18N2O4S. The summed E-state index contributed by atoms with van der Waals surface area (Å²) >= 11 is 0. The summed E-state index contributed by atoms with van der Waals surface area (Å²) < 4.78 is 22.5. The molecule has 7 heteroatoms. The molecule has 2 aromatic carbocycles. The minimum Gasteiger partial charge on any atom is -0.267 e. The molecule has 0 fully saturated rings. The molecule has 0 unspecified atom stereocenters. The standard InChI is InChI=1S/C17H18N2O4S/c1-12-3-7-14(8-4-12)16(20)18-19-17(21)15-9-5-13(6-10-15)11-24(2,22)23/h3-10H,11H2,1-2H3,(H,18,20)(H,19,21). The van der Waals surface area contributed by atoms with Crippen LogP contribution in [0.25, 0.3) is 0 Å². The predicted octanol–water partition coefficient (Wildman–Crippen LogP) is 1.61. The van der Waals surface area contributed by atoms with Crippen molar-refractivity contribution in [1.29, 1.82) is 0 Å². The molecule has 0 heterocycles. The SMILES string of the molecule is Cc1ccc(C(=O)NNC(=O)c2ccc(CS(C)(=O)=O)cc2)cc1. The van der Waals surface area contributed by atoms with Gasteiger partial charge in [-0.15, -0.1) is 0 Å². The molecule has 0 aliphatic rings. The number of carbonyl (C=O) groups excluding carboxylic acids is 2. The number of sulfone groups is 1. The molecule has 2 N–H and O–H groups in total. The van der Waals surface area contributed by atoms with Crippen molar-refractivity contribution in [3.8, 4) is 0 Å². The first-order valence-electron chi connectivity index (χ1n) is 7.18. The predicted molar refractivity (Wildman–Crippen MR) is 91.1 cm³/mol. The van der Waals surface area contributed by atoms with Crippen LogP contribution in [0.15, 0.2) is 48.5 Å². The number of hydrogen-bond acceptors (Lipinski definition) is 4. The molecule has 2 rings (SSSR count). The van der Waals surface area contributed by atoms with Crippen LogP contribution < -0.4 is 10.9 Å². The number of benzene rings is 2. The fourth-order valence-corrected chi connectivity index (χ4v) is 2.82. The van der Waals surface area contributed by atoms with Crippen molar-refractivity contribution in [2.75, 3.05) is 6.26 Å². The highest BCUT2D eigenvalue weighted by atomic mass is 32.2. The highest BCUT2D eigenvalue weighted by Gasteiger charge is 2.10. The molecule has 0 radical (unpaired) electrons. The van der Waals surface area contributed by atoms with E-state index in [-0.39, 0.29) is 5.75 Å². The molecule has 0 atom stereocenters. The van der Waals surface area contributed by atoms with Gasteiger partial charge in [-0.05, 0) is 36.8 Å². The Morgan fingerprint density at radius 2 is 1.25 bits per heavy atom. The van der Waals surface area contributed by atoms with Crippen molar-refractivity contribution >= 4 is 21.7 Å².